The molecule has 1 aliphatic heterocycles. The topological polar surface area (TPSA) is 54.3 Å². The third-order valence-corrected chi connectivity index (χ3v) is 7.27. The van der Waals surface area contributed by atoms with Crippen molar-refractivity contribution in [2.75, 3.05) is 18.4 Å². The molecule has 1 aromatic heterocycles. The number of benzene rings is 2. The number of nitrogens with zero attached hydrogens (tertiary/aromatic N) is 2. The lowest BCUT2D eigenvalue weighted by atomic mass is 9.95. The summed E-state index contributed by atoms with van der Waals surface area (Å²) in [5.41, 5.74) is 2.71. The fourth-order valence-electron chi connectivity index (χ4n) is 4.09. The van der Waals surface area contributed by atoms with Gasteiger partial charge in [-0.3, -0.25) is 19.1 Å². The molecule has 4 rings (SSSR count). The predicted molar refractivity (Wildman–Crippen MR) is 130 cm³/mol. The number of thiazole rings is 1. The molecule has 0 atom stereocenters. The quantitative estimate of drug-likeness (QED) is 0.504. The highest BCUT2D eigenvalue weighted by Gasteiger charge is 2.25. The molecular formula is C23H25Cl2N3O2S. The molecule has 8 heteroatoms. The Balaban J connectivity index is 1.36. The first-order valence-electron chi connectivity index (χ1n) is 10.4. The minimum absolute atomic E-state index is 0.0216. The number of carbonyl (C=O) groups is 1. The van der Waals surface area contributed by atoms with Crippen molar-refractivity contribution in [3.8, 4) is 0 Å². The summed E-state index contributed by atoms with van der Waals surface area (Å²) in [6, 6.07) is 11.4. The molecule has 1 amide bonds. The molecule has 164 valence electrons. The van der Waals surface area contributed by atoms with Gasteiger partial charge in [0.2, 0.25) is 5.91 Å². The predicted octanol–water partition coefficient (Wildman–Crippen LogP) is 5.80. The van der Waals surface area contributed by atoms with Crippen LogP contribution in [0.1, 0.15) is 38.3 Å². The molecular weight excluding hydrogens is 453 g/mol. The average Bonchev–Trinajstić information content (AvgIpc) is 3.05. The van der Waals surface area contributed by atoms with Crippen molar-refractivity contribution < 1.29 is 4.79 Å². The minimum Gasteiger partial charge on any atom is -0.326 e. The van der Waals surface area contributed by atoms with E-state index in [1.807, 2.05) is 44.2 Å². The zero-order valence-electron chi connectivity index (χ0n) is 17.5. The van der Waals surface area contributed by atoms with Crippen molar-refractivity contribution in [2.24, 2.45) is 5.92 Å². The highest BCUT2D eigenvalue weighted by molar-refractivity contribution is 7.16. The van der Waals surface area contributed by atoms with Crippen molar-refractivity contribution in [3.63, 3.8) is 0 Å². The Bertz CT molecular complexity index is 1160. The first-order valence-corrected chi connectivity index (χ1v) is 12.0. The molecule has 31 heavy (non-hydrogen) atoms. The molecule has 0 spiro atoms. The van der Waals surface area contributed by atoms with Gasteiger partial charge >= 0.3 is 4.87 Å². The third-order valence-electron chi connectivity index (χ3n) is 5.76. The van der Waals surface area contributed by atoms with Gasteiger partial charge in [-0.25, -0.2) is 0 Å². The molecule has 0 saturated carbocycles. The van der Waals surface area contributed by atoms with Crippen LogP contribution in [0.3, 0.4) is 0 Å². The molecule has 2 heterocycles. The summed E-state index contributed by atoms with van der Waals surface area (Å²) in [6.45, 7) is 6.43. The summed E-state index contributed by atoms with van der Waals surface area (Å²) in [7, 11) is 0. The number of piperidine rings is 1. The second-order valence-corrected chi connectivity index (χ2v) is 10.1. The van der Waals surface area contributed by atoms with Gasteiger partial charge in [-0.15, -0.1) is 0 Å². The number of carbonyl (C=O) groups excluding carboxylic acids is 1. The van der Waals surface area contributed by atoms with Crippen molar-refractivity contribution >= 4 is 56.3 Å². The number of nitrogens with one attached hydrogen (secondary N) is 1. The molecule has 0 radical (unpaired) electrons. The Morgan fingerprint density at radius 1 is 1.16 bits per heavy atom. The molecule has 1 fully saturated rings. The molecule has 1 saturated heterocycles. The summed E-state index contributed by atoms with van der Waals surface area (Å²) >= 11 is 13.5. The fraction of sp³-hybridized carbons (Fsp3) is 0.391. The van der Waals surface area contributed by atoms with Gasteiger partial charge in [0.15, 0.2) is 0 Å². The largest absolute Gasteiger partial charge is 0.326 e. The molecule has 0 bridgehead atoms. The molecule has 5 nitrogen and oxygen atoms in total. The second kappa shape index (κ2) is 9.33. The van der Waals surface area contributed by atoms with Gasteiger partial charge in [0, 0.05) is 34.2 Å². The molecule has 1 N–H and O–H groups in total. The Morgan fingerprint density at radius 3 is 2.58 bits per heavy atom. The van der Waals surface area contributed by atoms with E-state index in [-0.39, 0.29) is 22.7 Å². The van der Waals surface area contributed by atoms with Crippen molar-refractivity contribution in [1.29, 1.82) is 0 Å². The Kier molecular flexibility index (Phi) is 6.72. The van der Waals surface area contributed by atoms with Crippen LogP contribution >= 0.6 is 34.5 Å². The van der Waals surface area contributed by atoms with E-state index in [9.17, 15) is 9.59 Å². The van der Waals surface area contributed by atoms with Gasteiger partial charge in [-0.05, 0) is 75.7 Å². The number of anilines is 1. The lowest BCUT2D eigenvalue weighted by Crippen LogP contribution is -2.37. The van der Waals surface area contributed by atoms with Gasteiger partial charge in [0.25, 0.3) is 0 Å². The van der Waals surface area contributed by atoms with Crippen molar-refractivity contribution in [1.82, 2.24) is 9.47 Å². The lowest BCUT2D eigenvalue weighted by molar-refractivity contribution is -0.121. The number of halogens is 2. The standard InChI is InChI=1S/C23H25Cl2N3O2S/c1-14(2)28-20-6-5-18(12-21(20)31-23(28)30)26-22(29)15-7-9-27(10-8-15)13-16-3-4-17(24)11-19(16)25/h3-6,11-12,14-15H,7-10,13H2,1-2H3,(H,26,29). The number of hydrogen-bond donors (Lipinski definition) is 1. The molecule has 1 aliphatic rings. The maximum atomic E-state index is 12.8. The lowest BCUT2D eigenvalue weighted by Gasteiger charge is -2.31. The van der Waals surface area contributed by atoms with Crippen molar-refractivity contribution in [2.45, 2.75) is 39.3 Å². The molecule has 0 unspecified atom stereocenters. The van der Waals surface area contributed by atoms with Gasteiger partial charge < -0.3 is 5.32 Å². The number of aromatic nitrogens is 1. The van der Waals surface area contributed by atoms with Gasteiger partial charge in [0.1, 0.15) is 0 Å². The monoisotopic (exact) mass is 477 g/mol. The Labute approximate surface area is 195 Å². The first-order chi connectivity index (χ1) is 14.8. The highest BCUT2D eigenvalue weighted by Crippen LogP contribution is 2.27. The molecule has 3 aromatic rings. The number of amides is 1. The van der Waals surface area contributed by atoms with Crippen LogP contribution in [0, 0.1) is 5.92 Å². The Morgan fingerprint density at radius 2 is 1.90 bits per heavy atom. The third kappa shape index (κ3) is 4.98. The number of hydrogen-bond acceptors (Lipinski definition) is 4. The normalized spacial score (nSPS) is 15.6. The number of fused-ring (bicyclic) bond motifs is 1. The van der Waals surface area contributed by atoms with E-state index >= 15 is 0 Å². The van der Waals surface area contributed by atoms with Crippen LogP contribution in [0.2, 0.25) is 10.0 Å². The molecule has 0 aliphatic carbocycles. The van der Waals surface area contributed by atoms with Crippen molar-refractivity contribution in [3.05, 3.63) is 61.7 Å². The summed E-state index contributed by atoms with van der Waals surface area (Å²) < 4.78 is 2.68. The van der Waals surface area contributed by atoms with E-state index < -0.39 is 0 Å². The van der Waals surface area contributed by atoms with Crippen LogP contribution in [0.15, 0.2) is 41.2 Å². The molecule has 2 aromatic carbocycles. The van der Waals surface area contributed by atoms with Gasteiger partial charge in [0.05, 0.1) is 10.2 Å². The van der Waals surface area contributed by atoms with Gasteiger partial charge in [-0.1, -0.05) is 40.6 Å². The zero-order valence-corrected chi connectivity index (χ0v) is 19.9. The summed E-state index contributed by atoms with van der Waals surface area (Å²) in [6.07, 6.45) is 1.60. The fourth-order valence-corrected chi connectivity index (χ4v) is 5.61. The van der Waals surface area contributed by atoms with Crippen LogP contribution < -0.4 is 10.2 Å². The summed E-state index contributed by atoms with van der Waals surface area (Å²) in [5, 5.41) is 4.36. The van der Waals surface area contributed by atoms with E-state index in [4.69, 9.17) is 23.2 Å². The van der Waals surface area contributed by atoms with Crippen LogP contribution in [0.25, 0.3) is 10.2 Å². The summed E-state index contributed by atoms with van der Waals surface area (Å²) in [5.74, 6) is 0.0193. The van der Waals surface area contributed by atoms with Gasteiger partial charge in [-0.2, -0.15) is 0 Å². The number of rotatable bonds is 5. The van der Waals surface area contributed by atoms with E-state index in [2.05, 4.69) is 10.2 Å². The second-order valence-electron chi connectivity index (χ2n) is 8.29. The highest BCUT2D eigenvalue weighted by atomic mass is 35.5. The maximum absolute atomic E-state index is 12.8. The van der Waals surface area contributed by atoms with E-state index in [0.29, 0.717) is 10.0 Å². The average molecular weight is 478 g/mol. The van der Waals surface area contributed by atoms with Crippen LogP contribution in [-0.4, -0.2) is 28.5 Å². The van der Waals surface area contributed by atoms with Crippen LogP contribution in [-0.2, 0) is 11.3 Å². The summed E-state index contributed by atoms with van der Waals surface area (Å²) in [4.78, 5) is 27.4. The van der Waals surface area contributed by atoms with E-state index in [0.717, 1.165) is 53.9 Å². The zero-order chi connectivity index (χ0) is 22.1. The van der Waals surface area contributed by atoms with E-state index in [1.165, 1.54) is 11.3 Å². The minimum atomic E-state index is -0.0216. The van der Waals surface area contributed by atoms with E-state index in [1.54, 1.807) is 10.6 Å². The SMILES string of the molecule is CC(C)n1c(=O)sc2cc(NC(=O)C3CCN(Cc4ccc(Cl)cc4Cl)CC3)ccc21. The number of likely N-dealkylation sites (tertiary alicyclic amines) is 1. The van der Waals surface area contributed by atoms with Crippen LogP contribution in [0.4, 0.5) is 5.69 Å². The Hall–Kier alpha value is -1.86. The maximum Gasteiger partial charge on any atom is 0.308 e. The smallest absolute Gasteiger partial charge is 0.308 e. The first kappa shape index (κ1) is 22.3. The van der Waals surface area contributed by atoms with Crippen LogP contribution in [0.5, 0.6) is 0 Å².